The van der Waals surface area contributed by atoms with Gasteiger partial charge in [-0.2, -0.15) is 0 Å². The minimum atomic E-state index is -0.197. The van der Waals surface area contributed by atoms with Crippen LogP contribution in [0.1, 0.15) is 17.9 Å². The van der Waals surface area contributed by atoms with Crippen molar-refractivity contribution in [2.24, 2.45) is 5.92 Å². The van der Waals surface area contributed by atoms with E-state index in [0.717, 1.165) is 37.5 Å². The maximum absolute atomic E-state index is 12.0. The monoisotopic (exact) mass is 344 g/mol. The van der Waals surface area contributed by atoms with Gasteiger partial charge in [0.25, 0.3) is 0 Å². The molecule has 1 aliphatic rings. The zero-order chi connectivity index (χ0) is 17.6. The second kappa shape index (κ2) is 8.02. The van der Waals surface area contributed by atoms with E-state index in [1.165, 1.54) is 0 Å². The first kappa shape index (κ1) is 17.3. The molecule has 134 valence electrons. The van der Waals surface area contributed by atoms with E-state index in [2.05, 4.69) is 20.7 Å². The molecule has 0 radical (unpaired) electrons. The van der Waals surface area contributed by atoms with E-state index in [1.54, 1.807) is 13.2 Å². The van der Waals surface area contributed by atoms with Crippen molar-refractivity contribution in [1.29, 1.82) is 0 Å². The molecule has 0 unspecified atom stereocenters. The number of nitrogens with zero attached hydrogens (tertiary/aromatic N) is 2. The molecule has 0 aliphatic carbocycles. The first-order valence-electron chi connectivity index (χ1n) is 8.46. The normalized spacial score (nSPS) is 17.4. The zero-order valence-corrected chi connectivity index (χ0v) is 14.6. The lowest BCUT2D eigenvalue weighted by atomic mass is 10.1. The number of hydrogen-bond acceptors (Lipinski definition) is 5. The molecule has 1 aromatic carbocycles. The van der Waals surface area contributed by atoms with Crippen LogP contribution < -0.4 is 15.4 Å². The highest BCUT2D eigenvalue weighted by molar-refractivity contribution is 5.89. The molecule has 1 saturated heterocycles. The second-order valence-electron chi connectivity index (χ2n) is 6.39. The fraction of sp³-hybridized carbons (Fsp3) is 0.444. The summed E-state index contributed by atoms with van der Waals surface area (Å²) < 4.78 is 10.4. The first-order valence-corrected chi connectivity index (χ1v) is 8.46. The third-order valence-corrected chi connectivity index (χ3v) is 4.31. The third-order valence-electron chi connectivity index (χ3n) is 4.31. The summed E-state index contributed by atoms with van der Waals surface area (Å²) in [7, 11) is 1.60. The van der Waals surface area contributed by atoms with Gasteiger partial charge in [-0.15, -0.1) is 0 Å². The molecule has 3 rings (SSSR count). The van der Waals surface area contributed by atoms with Gasteiger partial charge in [-0.25, -0.2) is 4.79 Å². The van der Waals surface area contributed by atoms with Gasteiger partial charge in [0.2, 0.25) is 0 Å². The Morgan fingerprint density at radius 2 is 2.32 bits per heavy atom. The van der Waals surface area contributed by atoms with Crippen LogP contribution in [0.5, 0.6) is 5.75 Å². The molecule has 25 heavy (non-hydrogen) atoms. The number of carbonyl (C=O) groups is 1. The van der Waals surface area contributed by atoms with Crippen molar-refractivity contribution in [3.05, 3.63) is 41.8 Å². The molecule has 0 spiro atoms. The Hall–Kier alpha value is -2.54. The Morgan fingerprint density at radius 3 is 3.08 bits per heavy atom. The standard InChI is InChI=1S/C18H24N4O3/c1-13-8-17(25-21-13)12-22-7-6-14(11-22)10-19-18(23)20-15-4-3-5-16(9-15)24-2/h3-5,8-9,14H,6-7,10-12H2,1-2H3,(H2,19,20,23)/t14-/m1/s1. The predicted octanol–water partition coefficient (Wildman–Crippen LogP) is 2.64. The molecule has 7 nitrogen and oxygen atoms in total. The van der Waals surface area contributed by atoms with Crippen LogP contribution in [0.25, 0.3) is 0 Å². The van der Waals surface area contributed by atoms with Gasteiger partial charge in [-0.1, -0.05) is 11.2 Å². The number of urea groups is 1. The molecule has 2 N–H and O–H groups in total. The van der Waals surface area contributed by atoms with Gasteiger partial charge in [0.05, 0.1) is 19.3 Å². The Bertz CT molecular complexity index is 716. The van der Waals surface area contributed by atoms with Crippen molar-refractivity contribution in [3.8, 4) is 5.75 Å². The molecular weight excluding hydrogens is 320 g/mol. The summed E-state index contributed by atoms with van der Waals surface area (Å²) in [6, 6.07) is 9.07. The maximum Gasteiger partial charge on any atom is 0.319 e. The third kappa shape index (κ3) is 4.96. The lowest BCUT2D eigenvalue weighted by Gasteiger charge is -2.15. The number of ether oxygens (including phenoxy) is 1. The largest absolute Gasteiger partial charge is 0.497 e. The van der Waals surface area contributed by atoms with Crippen LogP contribution in [0.2, 0.25) is 0 Å². The van der Waals surface area contributed by atoms with Crippen LogP contribution in [0, 0.1) is 12.8 Å². The number of benzene rings is 1. The number of rotatable bonds is 6. The van der Waals surface area contributed by atoms with Crippen molar-refractivity contribution in [3.63, 3.8) is 0 Å². The van der Waals surface area contributed by atoms with Crippen LogP contribution in [0.15, 0.2) is 34.9 Å². The molecule has 1 aromatic heterocycles. The smallest absolute Gasteiger partial charge is 0.319 e. The molecule has 0 saturated carbocycles. The summed E-state index contributed by atoms with van der Waals surface area (Å²) in [4.78, 5) is 14.4. The Labute approximate surface area is 147 Å². The van der Waals surface area contributed by atoms with E-state index in [0.29, 0.717) is 23.9 Å². The topological polar surface area (TPSA) is 79.6 Å². The lowest BCUT2D eigenvalue weighted by Crippen LogP contribution is -2.34. The highest BCUT2D eigenvalue weighted by Crippen LogP contribution is 2.19. The average molecular weight is 344 g/mol. The molecule has 1 aliphatic heterocycles. The summed E-state index contributed by atoms with van der Waals surface area (Å²) >= 11 is 0. The minimum Gasteiger partial charge on any atom is -0.497 e. The molecular formula is C18H24N4O3. The second-order valence-corrected chi connectivity index (χ2v) is 6.39. The summed E-state index contributed by atoms with van der Waals surface area (Å²) in [5, 5.41) is 9.69. The van der Waals surface area contributed by atoms with E-state index in [9.17, 15) is 4.79 Å². The van der Waals surface area contributed by atoms with Crippen molar-refractivity contribution in [2.75, 3.05) is 32.1 Å². The SMILES string of the molecule is COc1cccc(NC(=O)NC[C@H]2CCN(Cc3cc(C)no3)C2)c1. The zero-order valence-electron chi connectivity index (χ0n) is 14.6. The molecule has 2 aromatic rings. The number of methoxy groups -OCH3 is 1. The number of carbonyl (C=O) groups excluding carboxylic acids is 1. The first-order chi connectivity index (χ1) is 12.1. The average Bonchev–Trinajstić information content (AvgIpc) is 3.22. The molecule has 1 atom stereocenters. The fourth-order valence-electron chi connectivity index (χ4n) is 3.05. The highest BCUT2D eigenvalue weighted by Gasteiger charge is 2.23. The molecule has 7 heteroatoms. The number of aromatic nitrogens is 1. The number of amides is 2. The highest BCUT2D eigenvalue weighted by atomic mass is 16.5. The van der Waals surface area contributed by atoms with Gasteiger partial charge >= 0.3 is 6.03 Å². The van der Waals surface area contributed by atoms with Crippen molar-refractivity contribution in [1.82, 2.24) is 15.4 Å². The fourth-order valence-corrected chi connectivity index (χ4v) is 3.05. The van der Waals surface area contributed by atoms with Gasteiger partial charge in [0.1, 0.15) is 5.75 Å². The van der Waals surface area contributed by atoms with Crippen molar-refractivity contribution < 1.29 is 14.1 Å². The number of aryl methyl sites for hydroxylation is 1. The van der Waals surface area contributed by atoms with Crippen LogP contribution in [0.4, 0.5) is 10.5 Å². The number of anilines is 1. The van der Waals surface area contributed by atoms with Gasteiger partial charge in [-0.05, 0) is 37.9 Å². The van der Waals surface area contributed by atoms with E-state index < -0.39 is 0 Å². The van der Waals surface area contributed by atoms with Crippen LogP contribution in [0.3, 0.4) is 0 Å². The summed E-state index contributed by atoms with van der Waals surface area (Å²) in [5.41, 5.74) is 1.62. The van der Waals surface area contributed by atoms with Crippen LogP contribution in [-0.2, 0) is 6.54 Å². The number of hydrogen-bond donors (Lipinski definition) is 2. The predicted molar refractivity (Wildman–Crippen MR) is 94.6 cm³/mol. The molecule has 0 bridgehead atoms. The summed E-state index contributed by atoms with van der Waals surface area (Å²) in [5.74, 6) is 2.05. The maximum atomic E-state index is 12.0. The quantitative estimate of drug-likeness (QED) is 0.842. The Morgan fingerprint density at radius 1 is 1.44 bits per heavy atom. The van der Waals surface area contributed by atoms with Crippen LogP contribution >= 0.6 is 0 Å². The summed E-state index contributed by atoms with van der Waals surface area (Å²) in [6.07, 6.45) is 1.06. The van der Waals surface area contributed by atoms with Gasteiger partial charge in [-0.3, -0.25) is 4.90 Å². The van der Waals surface area contributed by atoms with Crippen molar-refractivity contribution >= 4 is 11.7 Å². The minimum absolute atomic E-state index is 0.197. The van der Waals surface area contributed by atoms with Gasteiger partial charge in [0, 0.05) is 30.9 Å². The van der Waals surface area contributed by atoms with Crippen molar-refractivity contribution in [2.45, 2.75) is 19.9 Å². The van der Waals surface area contributed by atoms with E-state index in [-0.39, 0.29) is 6.03 Å². The van der Waals surface area contributed by atoms with E-state index in [4.69, 9.17) is 9.26 Å². The van der Waals surface area contributed by atoms with Crippen LogP contribution in [-0.4, -0.2) is 42.8 Å². The Balaban J connectivity index is 1.40. The number of nitrogens with one attached hydrogen (secondary N) is 2. The van der Waals surface area contributed by atoms with Gasteiger partial charge in [0.15, 0.2) is 5.76 Å². The van der Waals surface area contributed by atoms with E-state index >= 15 is 0 Å². The summed E-state index contributed by atoms with van der Waals surface area (Å²) in [6.45, 7) is 5.29. The van der Waals surface area contributed by atoms with E-state index in [1.807, 2.05) is 31.2 Å². The molecule has 2 heterocycles. The molecule has 1 fully saturated rings. The van der Waals surface area contributed by atoms with Gasteiger partial charge < -0.3 is 19.9 Å². The number of likely N-dealkylation sites (tertiary alicyclic amines) is 1. The Kier molecular flexibility index (Phi) is 5.55. The molecule has 2 amide bonds. The lowest BCUT2D eigenvalue weighted by molar-refractivity contribution is 0.247.